The van der Waals surface area contributed by atoms with Gasteiger partial charge in [-0.1, -0.05) is 12.1 Å². The summed E-state index contributed by atoms with van der Waals surface area (Å²) >= 11 is 0. The minimum absolute atomic E-state index is 0.0937. The molecule has 0 radical (unpaired) electrons. The van der Waals surface area contributed by atoms with Crippen LogP contribution in [-0.4, -0.2) is 39.2 Å². The number of carbonyl (C=O) groups excluding carboxylic acids is 1. The lowest BCUT2D eigenvalue weighted by Gasteiger charge is -2.11. The second-order valence-electron chi connectivity index (χ2n) is 4.26. The first kappa shape index (κ1) is 16.2. The molecular formula is C14H15NO6. The molecule has 0 saturated carbocycles. The minimum Gasteiger partial charge on any atom is -0.508 e. The lowest BCUT2D eigenvalue weighted by atomic mass is 10.1. The molecule has 1 aromatic rings. The molecule has 0 aliphatic carbocycles. The van der Waals surface area contributed by atoms with Gasteiger partial charge in [0.1, 0.15) is 11.8 Å². The fraction of sp³-hybridized carbons (Fsp3) is 0.214. The van der Waals surface area contributed by atoms with E-state index in [-0.39, 0.29) is 18.6 Å². The molecule has 0 aliphatic rings. The van der Waals surface area contributed by atoms with Crippen molar-refractivity contribution in [2.75, 3.05) is 0 Å². The van der Waals surface area contributed by atoms with Gasteiger partial charge in [0.2, 0.25) is 5.91 Å². The molecule has 0 saturated heterocycles. The smallest absolute Gasteiger partial charge is 0.326 e. The van der Waals surface area contributed by atoms with E-state index in [0.29, 0.717) is 5.56 Å². The summed E-state index contributed by atoms with van der Waals surface area (Å²) in [6.07, 6.45) is 2.05. The Labute approximate surface area is 120 Å². The van der Waals surface area contributed by atoms with Gasteiger partial charge in [0, 0.05) is 12.5 Å². The van der Waals surface area contributed by atoms with E-state index in [1.165, 1.54) is 18.2 Å². The molecule has 0 unspecified atom stereocenters. The van der Waals surface area contributed by atoms with Crippen molar-refractivity contribution >= 4 is 23.9 Å². The Morgan fingerprint density at radius 3 is 2.29 bits per heavy atom. The molecule has 0 spiro atoms. The van der Waals surface area contributed by atoms with Crippen molar-refractivity contribution < 1.29 is 29.7 Å². The number of amides is 1. The van der Waals surface area contributed by atoms with Crippen LogP contribution in [0.3, 0.4) is 0 Å². The fourth-order valence-electron chi connectivity index (χ4n) is 1.50. The molecule has 112 valence electrons. The molecule has 1 rings (SSSR count). The Morgan fingerprint density at radius 1 is 1.14 bits per heavy atom. The lowest BCUT2D eigenvalue weighted by Crippen LogP contribution is -2.40. The van der Waals surface area contributed by atoms with Crippen molar-refractivity contribution in [2.45, 2.75) is 18.9 Å². The van der Waals surface area contributed by atoms with Crippen LogP contribution < -0.4 is 5.32 Å². The van der Waals surface area contributed by atoms with Crippen molar-refractivity contribution in [1.29, 1.82) is 0 Å². The summed E-state index contributed by atoms with van der Waals surface area (Å²) in [4.78, 5) is 32.9. The molecule has 1 aromatic carbocycles. The van der Waals surface area contributed by atoms with Crippen LogP contribution in [0.15, 0.2) is 30.3 Å². The van der Waals surface area contributed by atoms with Gasteiger partial charge in [-0.3, -0.25) is 9.59 Å². The molecule has 21 heavy (non-hydrogen) atoms. The van der Waals surface area contributed by atoms with Gasteiger partial charge < -0.3 is 20.6 Å². The molecule has 7 nitrogen and oxygen atoms in total. The zero-order valence-electron chi connectivity index (χ0n) is 11.0. The number of rotatable bonds is 7. The number of carboxylic acid groups (broad SMARTS) is 2. The summed E-state index contributed by atoms with van der Waals surface area (Å²) in [6.45, 7) is 0. The molecule has 0 aromatic heterocycles. The molecule has 4 N–H and O–H groups in total. The molecule has 1 atom stereocenters. The van der Waals surface area contributed by atoms with E-state index in [1.807, 2.05) is 0 Å². The van der Waals surface area contributed by atoms with Crippen LogP contribution in [0.1, 0.15) is 18.4 Å². The minimum atomic E-state index is -1.29. The normalized spacial score (nSPS) is 12.0. The summed E-state index contributed by atoms with van der Waals surface area (Å²) < 4.78 is 0. The van der Waals surface area contributed by atoms with Gasteiger partial charge in [-0.05, 0) is 30.2 Å². The predicted octanol–water partition coefficient (Wildman–Crippen LogP) is 0.840. The SMILES string of the molecule is O=C(O)CC[C@@H](NC(=O)/C=C\c1ccc(O)cc1)C(=O)O. The number of phenols is 1. The van der Waals surface area contributed by atoms with Gasteiger partial charge in [-0.2, -0.15) is 0 Å². The van der Waals surface area contributed by atoms with Gasteiger partial charge in [-0.15, -0.1) is 0 Å². The standard InChI is InChI=1S/C14H15NO6/c16-10-4-1-9(2-5-10)3-7-12(17)15-11(14(20)21)6-8-13(18)19/h1-5,7,11,16H,6,8H2,(H,15,17)(H,18,19)(H,20,21)/b7-3-/t11-/m1/s1. The van der Waals surface area contributed by atoms with Crippen LogP contribution in [0.2, 0.25) is 0 Å². The maximum absolute atomic E-state index is 11.6. The number of benzene rings is 1. The van der Waals surface area contributed by atoms with Crippen LogP contribution in [0.4, 0.5) is 0 Å². The highest BCUT2D eigenvalue weighted by Crippen LogP contribution is 2.10. The highest BCUT2D eigenvalue weighted by Gasteiger charge is 2.19. The van der Waals surface area contributed by atoms with Crippen LogP contribution >= 0.6 is 0 Å². The van der Waals surface area contributed by atoms with E-state index < -0.39 is 23.9 Å². The molecule has 0 fully saturated rings. The third kappa shape index (κ3) is 6.24. The van der Waals surface area contributed by atoms with Crippen LogP contribution in [-0.2, 0) is 14.4 Å². The Hall–Kier alpha value is -2.83. The van der Waals surface area contributed by atoms with Crippen molar-refractivity contribution in [1.82, 2.24) is 5.32 Å². The zero-order valence-corrected chi connectivity index (χ0v) is 11.0. The van der Waals surface area contributed by atoms with Crippen LogP contribution in [0.25, 0.3) is 6.08 Å². The van der Waals surface area contributed by atoms with E-state index in [9.17, 15) is 14.4 Å². The van der Waals surface area contributed by atoms with Gasteiger partial charge in [-0.25, -0.2) is 4.79 Å². The second-order valence-corrected chi connectivity index (χ2v) is 4.26. The fourth-order valence-corrected chi connectivity index (χ4v) is 1.50. The van der Waals surface area contributed by atoms with E-state index >= 15 is 0 Å². The van der Waals surface area contributed by atoms with Gasteiger partial charge >= 0.3 is 11.9 Å². The Balaban J connectivity index is 2.59. The van der Waals surface area contributed by atoms with Crippen molar-refractivity contribution in [3.63, 3.8) is 0 Å². The largest absolute Gasteiger partial charge is 0.508 e. The predicted molar refractivity (Wildman–Crippen MR) is 73.6 cm³/mol. The topological polar surface area (TPSA) is 124 Å². The monoisotopic (exact) mass is 293 g/mol. The molecule has 0 aliphatic heterocycles. The number of carboxylic acids is 2. The molecule has 0 bridgehead atoms. The number of phenolic OH excluding ortho intramolecular Hbond substituents is 1. The Morgan fingerprint density at radius 2 is 1.76 bits per heavy atom. The van der Waals surface area contributed by atoms with Crippen molar-refractivity contribution in [3.05, 3.63) is 35.9 Å². The number of aromatic hydroxyl groups is 1. The summed E-state index contributed by atoms with van der Waals surface area (Å²) in [5.74, 6) is -2.96. The van der Waals surface area contributed by atoms with Gasteiger partial charge in [0.25, 0.3) is 0 Å². The van der Waals surface area contributed by atoms with E-state index in [1.54, 1.807) is 12.1 Å². The first-order chi connectivity index (χ1) is 9.88. The Kier molecular flexibility index (Phi) is 5.94. The second kappa shape index (κ2) is 7.68. The van der Waals surface area contributed by atoms with Crippen LogP contribution in [0, 0.1) is 0 Å². The maximum atomic E-state index is 11.6. The first-order valence-corrected chi connectivity index (χ1v) is 6.10. The average molecular weight is 293 g/mol. The third-order valence-electron chi connectivity index (χ3n) is 2.58. The lowest BCUT2D eigenvalue weighted by molar-refractivity contribution is -0.142. The molecular weight excluding hydrogens is 278 g/mol. The quantitative estimate of drug-likeness (QED) is 0.552. The Bertz CT molecular complexity index is 549. The summed E-state index contributed by atoms with van der Waals surface area (Å²) in [7, 11) is 0. The van der Waals surface area contributed by atoms with Crippen molar-refractivity contribution in [3.8, 4) is 5.75 Å². The van der Waals surface area contributed by atoms with Gasteiger partial charge in [0.05, 0.1) is 0 Å². The highest BCUT2D eigenvalue weighted by molar-refractivity contribution is 5.94. The number of hydrogen-bond acceptors (Lipinski definition) is 4. The van der Waals surface area contributed by atoms with E-state index in [4.69, 9.17) is 15.3 Å². The number of hydrogen-bond donors (Lipinski definition) is 4. The van der Waals surface area contributed by atoms with E-state index in [2.05, 4.69) is 5.32 Å². The van der Waals surface area contributed by atoms with Crippen LogP contribution in [0.5, 0.6) is 5.75 Å². The van der Waals surface area contributed by atoms with Crippen molar-refractivity contribution in [2.24, 2.45) is 0 Å². The number of aliphatic carboxylic acids is 2. The number of nitrogens with one attached hydrogen (secondary N) is 1. The molecule has 1 amide bonds. The first-order valence-electron chi connectivity index (χ1n) is 6.10. The average Bonchev–Trinajstić information content (AvgIpc) is 2.42. The molecule has 7 heteroatoms. The number of carbonyl (C=O) groups is 3. The summed E-state index contributed by atoms with van der Waals surface area (Å²) in [6, 6.07) is 4.81. The molecule has 0 heterocycles. The zero-order chi connectivity index (χ0) is 15.8. The third-order valence-corrected chi connectivity index (χ3v) is 2.58. The maximum Gasteiger partial charge on any atom is 0.326 e. The summed E-state index contributed by atoms with van der Waals surface area (Å²) in [5.41, 5.74) is 0.653. The van der Waals surface area contributed by atoms with Gasteiger partial charge in [0.15, 0.2) is 0 Å². The van der Waals surface area contributed by atoms with E-state index in [0.717, 1.165) is 6.08 Å². The highest BCUT2D eigenvalue weighted by atomic mass is 16.4. The summed E-state index contributed by atoms with van der Waals surface area (Å²) in [5, 5.41) is 28.7.